The van der Waals surface area contributed by atoms with Crippen LogP contribution in [0, 0.1) is 0 Å². The highest BCUT2D eigenvalue weighted by Gasteiger charge is 2.13. The lowest BCUT2D eigenvalue weighted by Crippen LogP contribution is -1.93. The third-order valence-corrected chi connectivity index (χ3v) is 5.05. The van der Waals surface area contributed by atoms with Crippen LogP contribution < -0.4 is 0 Å². The molecular weight excluding hydrogens is 306 g/mol. The summed E-state index contributed by atoms with van der Waals surface area (Å²) >= 11 is 0. The average Bonchev–Trinajstić information content (AvgIpc) is 3.16. The molecule has 0 saturated heterocycles. The van der Waals surface area contributed by atoms with Gasteiger partial charge in [0.2, 0.25) is 0 Å². The fourth-order valence-corrected chi connectivity index (χ4v) is 3.95. The van der Waals surface area contributed by atoms with E-state index in [4.69, 9.17) is 0 Å². The van der Waals surface area contributed by atoms with E-state index < -0.39 is 0 Å². The predicted molar refractivity (Wildman–Crippen MR) is 103 cm³/mol. The number of imidazole rings is 1. The Morgan fingerprint density at radius 3 is 2.24 bits per heavy atom. The molecule has 0 bridgehead atoms. The maximum absolute atomic E-state index is 4.62. The maximum atomic E-state index is 4.62. The summed E-state index contributed by atoms with van der Waals surface area (Å²) < 4.78 is 2.07. The van der Waals surface area contributed by atoms with Crippen molar-refractivity contribution in [2.24, 2.45) is 0 Å². The predicted octanol–water partition coefficient (Wildman–Crippen LogP) is 5.34. The molecule has 0 aliphatic heterocycles. The van der Waals surface area contributed by atoms with Gasteiger partial charge in [-0.1, -0.05) is 30.3 Å². The van der Waals surface area contributed by atoms with Crippen LogP contribution in [0.2, 0.25) is 0 Å². The van der Waals surface area contributed by atoms with Crippen molar-refractivity contribution in [1.29, 1.82) is 0 Å². The van der Waals surface area contributed by atoms with Gasteiger partial charge in [0.25, 0.3) is 0 Å². The number of fused-ring (bicyclic) bond motifs is 9. The Hall–Kier alpha value is -3.46. The molecule has 6 rings (SSSR count). The van der Waals surface area contributed by atoms with Crippen molar-refractivity contribution in [2.45, 2.75) is 0 Å². The number of benzene rings is 3. The molecule has 116 valence electrons. The largest absolute Gasteiger partial charge is 0.283 e. The molecule has 0 aliphatic rings. The first-order valence-corrected chi connectivity index (χ1v) is 8.35. The van der Waals surface area contributed by atoms with Crippen LogP contribution in [-0.4, -0.2) is 14.4 Å². The lowest BCUT2D eigenvalue weighted by Gasteiger charge is -2.11. The van der Waals surface area contributed by atoms with Crippen LogP contribution in [0.15, 0.2) is 79.3 Å². The number of rotatable bonds is 0. The topological polar surface area (TPSA) is 30.2 Å². The average molecular weight is 319 g/mol. The highest BCUT2D eigenvalue weighted by molar-refractivity contribution is 6.24. The molecule has 3 heteroatoms. The summed E-state index contributed by atoms with van der Waals surface area (Å²) in [6.07, 6.45) is 5.66. The fourth-order valence-electron chi connectivity index (χ4n) is 3.95. The summed E-state index contributed by atoms with van der Waals surface area (Å²) in [6.45, 7) is 0. The van der Waals surface area contributed by atoms with Crippen molar-refractivity contribution in [3.8, 4) is 0 Å². The molecule has 0 aliphatic carbocycles. The molecule has 3 aromatic carbocycles. The summed E-state index contributed by atoms with van der Waals surface area (Å²) in [5.41, 5.74) is 1.90. The van der Waals surface area contributed by atoms with E-state index >= 15 is 0 Å². The summed E-state index contributed by atoms with van der Waals surface area (Å²) in [5, 5.41) is 8.55. The summed E-state index contributed by atoms with van der Waals surface area (Å²) in [6, 6.07) is 21.6. The van der Waals surface area contributed by atoms with Gasteiger partial charge in [-0.15, -0.1) is 0 Å². The van der Waals surface area contributed by atoms with E-state index in [9.17, 15) is 0 Å². The zero-order valence-electron chi connectivity index (χ0n) is 13.3. The normalized spacial score (nSPS) is 12.0. The van der Waals surface area contributed by atoms with Crippen molar-refractivity contribution in [3.05, 3.63) is 79.3 Å². The highest BCUT2D eigenvalue weighted by Crippen LogP contribution is 2.35. The van der Waals surface area contributed by atoms with Gasteiger partial charge in [-0.3, -0.25) is 4.40 Å². The Kier molecular flexibility index (Phi) is 2.35. The SMILES string of the molecule is c1ccc2cc3c(ccc4c3c3cccnc3n3ccnc43)cc2c1. The first-order valence-electron chi connectivity index (χ1n) is 8.35. The van der Waals surface area contributed by atoms with E-state index in [0.29, 0.717) is 0 Å². The molecule has 3 nitrogen and oxygen atoms in total. The zero-order valence-corrected chi connectivity index (χ0v) is 13.3. The molecule has 25 heavy (non-hydrogen) atoms. The smallest absolute Gasteiger partial charge is 0.146 e. The van der Waals surface area contributed by atoms with Gasteiger partial charge in [-0.25, -0.2) is 9.97 Å². The number of aromatic nitrogens is 3. The van der Waals surface area contributed by atoms with E-state index in [2.05, 4.69) is 69.0 Å². The number of hydrogen-bond donors (Lipinski definition) is 0. The minimum atomic E-state index is 0.947. The standard InChI is InChI=1S/C22H13N3/c1-2-5-15-13-19-16(12-14(15)4-1)7-8-18-20(19)17-6-3-9-23-21(17)25-11-10-24-22(18)25/h1-13H. The van der Waals surface area contributed by atoms with Crippen LogP contribution >= 0.6 is 0 Å². The molecule has 0 saturated carbocycles. The Morgan fingerprint density at radius 2 is 1.36 bits per heavy atom. The first kappa shape index (κ1) is 12.9. The Bertz CT molecular complexity index is 1440. The van der Waals surface area contributed by atoms with Gasteiger partial charge in [0, 0.05) is 34.7 Å². The molecule has 0 amide bonds. The van der Waals surface area contributed by atoms with Gasteiger partial charge < -0.3 is 0 Å². The van der Waals surface area contributed by atoms with Gasteiger partial charge in [0.1, 0.15) is 11.3 Å². The Morgan fingerprint density at radius 1 is 0.600 bits per heavy atom. The van der Waals surface area contributed by atoms with Gasteiger partial charge >= 0.3 is 0 Å². The monoisotopic (exact) mass is 319 g/mol. The zero-order chi connectivity index (χ0) is 16.4. The van der Waals surface area contributed by atoms with E-state index in [1.54, 1.807) is 0 Å². The maximum Gasteiger partial charge on any atom is 0.146 e. The molecule has 0 fully saturated rings. The summed E-state index contributed by atoms with van der Waals surface area (Å²) in [5.74, 6) is 0. The van der Waals surface area contributed by atoms with Crippen LogP contribution in [-0.2, 0) is 0 Å². The minimum Gasteiger partial charge on any atom is -0.283 e. The van der Waals surface area contributed by atoms with Gasteiger partial charge in [-0.2, -0.15) is 0 Å². The van der Waals surface area contributed by atoms with Crippen molar-refractivity contribution in [3.63, 3.8) is 0 Å². The molecule has 0 spiro atoms. The molecule has 3 heterocycles. The van der Waals surface area contributed by atoms with Crippen molar-refractivity contribution >= 4 is 49.0 Å². The van der Waals surface area contributed by atoms with Crippen LogP contribution in [0.3, 0.4) is 0 Å². The van der Waals surface area contributed by atoms with Crippen molar-refractivity contribution in [1.82, 2.24) is 14.4 Å². The fraction of sp³-hybridized carbons (Fsp3) is 0. The van der Waals surface area contributed by atoms with Gasteiger partial charge in [-0.05, 0) is 51.9 Å². The molecule has 0 unspecified atom stereocenters. The van der Waals surface area contributed by atoms with E-state index in [0.717, 1.165) is 22.1 Å². The second-order valence-corrected chi connectivity index (χ2v) is 6.40. The number of hydrogen-bond acceptors (Lipinski definition) is 2. The molecule has 3 aromatic heterocycles. The second-order valence-electron chi connectivity index (χ2n) is 6.40. The quantitative estimate of drug-likeness (QED) is 0.279. The molecular formula is C22H13N3. The van der Waals surface area contributed by atoms with Crippen molar-refractivity contribution < 1.29 is 0 Å². The molecule has 0 radical (unpaired) electrons. The first-order chi connectivity index (χ1) is 12.4. The lowest BCUT2D eigenvalue weighted by atomic mass is 9.97. The minimum absolute atomic E-state index is 0.947. The second kappa shape index (κ2) is 4.54. The van der Waals surface area contributed by atoms with Gasteiger partial charge in [0.05, 0.1) is 0 Å². The third kappa shape index (κ3) is 1.64. The van der Waals surface area contributed by atoms with Gasteiger partial charge in [0.15, 0.2) is 0 Å². The van der Waals surface area contributed by atoms with Crippen LogP contribution in [0.25, 0.3) is 49.0 Å². The third-order valence-electron chi connectivity index (χ3n) is 5.05. The van der Waals surface area contributed by atoms with Crippen LogP contribution in [0.4, 0.5) is 0 Å². The van der Waals surface area contributed by atoms with Crippen LogP contribution in [0.5, 0.6) is 0 Å². The lowest BCUT2D eigenvalue weighted by molar-refractivity contribution is 1.20. The van der Waals surface area contributed by atoms with Crippen LogP contribution in [0.1, 0.15) is 0 Å². The molecule has 6 aromatic rings. The molecule has 0 atom stereocenters. The summed E-state index contributed by atoms with van der Waals surface area (Å²) in [4.78, 5) is 9.21. The summed E-state index contributed by atoms with van der Waals surface area (Å²) in [7, 11) is 0. The van der Waals surface area contributed by atoms with Crippen molar-refractivity contribution in [2.75, 3.05) is 0 Å². The molecule has 0 N–H and O–H groups in total. The Labute approximate surface area is 143 Å². The highest BCUT2D eigenvalue weighted by atomic mass is 15.0. The number of nitrogens with zero attached hydrogens (tertiary/aromatic N) is 3. The van der Waals surface area contributed by atoms with E-state index in [-0.39, 0.29) is 0 Å². The van der Waals surface area contributed by atoms with E-state index in [1.165, 1.54) is 26.9 Å². The Balaban J connectivity index is 1.98. The van der Waals surface area contributed by atoms with E-state index in [1.807, 2.05) is 24.7 Å². The number of pyridine rings is 2.